The summed E-state index contributed by atoms with van der Waals surface area (Å²) in [5.41, 5.74) is 2.88. The molecule has 2 rings (SSSR count). The van der Waals surface area contributed by atoms with Crippen molar-refractivity contribution < 1.29 is 9.90 Å². The van der Waals surface area contributed by atoms with Crippen LogP contribution in [-0.2, 0) is 5.41 Å². The minimum absolute atomic E-state index is 0.0786. The first-order valence-electron chi connectivity index (χ1n) is 6.20. The number of H-pyrrole nitrogens is 1. The van der Waals surface area contributed by atoms with Crippen molar-refractivity contribution >= 4 is 5.97 Å². The van der Waals surface area contributed by atoms with Crippen LogP contribution in [0.4, 0.5) is 0 Å². The van der Waals surface area contributed by atoms with Crippen LogP contribution in [0.3, 0.4) is 0 Å². The topological polar surface area (TPSA) is 66.0 Å². The summed E-state index contributed by atoms with van der Waals surface area (Å²) in [6.07, 6.45) is 0. The number of carboxylic acid groups (broad SMARTS) is 1. The molecule has 0 spiro atoms. The van der Waals surface area contributed by atoms with Crippen molar-refractivity contribution in [3.63, 3.8) is 0 Å². The molecule has 2 aromatic rings. The Morgan fingerprint density at radius 1 is 1.21 bits per heavy atom. The molecule has 1 aromatic carbocycles. The summed E-state index contributed by atoms with van der Waals surface area (Å²) in [5, 5.41) is 8.99. The highest BCUT2D eigenvalue weighted by molar-refractivity contribution is 5.87. The van der Waals surface area contributed by atoms with Crippen LogP contribution in [0.2, 0.25) is 0 Å². The normalized spacial score (nSPS) is 11.6. The summed E-state index contributed by atoms with van der Waals surface area (Å²) in [6, 6.07) is 8.02. The summed E-state index contributed by atoms with van der Waals surface area (Å²) < 4.78 is 0. The molecule has 0 radical (unpaired) electrons. The summed E-state index contributed by atoms with van der Waals surface area (Å²) >= 11 is 0. The average Bonchev–Trinajstić information content (AvgIpc) is 2.70. The van der Waals surface area contributed by atoms with Gasteiger partial charge < -0.3 is 10.1 Å². The van der Waals surface area contributed by atoms with Gasteiger partial charge in [0.05, 0.1) is 0 Å². The average molecular weight is 258 g/mol. The fourth-order valence-corrected chi connectivity index (χ4v) is 1.93. The fraction of sp³-hybridized carbons (Fsp3) is 0.333. The Labute approximate surface area is 112 Å². The number of imidazole rings is 1. The SMILES string of the molecule is Cc1[nH]c(-c2ccc(C(C)(C)C)cc2)nc1C(=O)O. The molecule has 0 fully saturated rings. The van der Waals surface area contributed by atoms with Gasteiger partial charge in [0, 0.05) is 11.3 Å². The van der Waals surface area contributed by atoms with E-state index in [1.54, 1.807) is 6.92 Å². The molecule has 0 aliphatic carbocycles. The minimum Gasteiger partial charge on any atom is -0.476 e. The van der Waals surface area contributed by atoms with Crippen molar-refractivity contribution in [3.05, 3.63) is 41.2 Å². The molecule has 19 heavy (non-hydrogen) atoms. The third kappa shape index (κ3) is 2.67. The second kappa shape index (κ2) is 4.53. The Kier molecular flexibility index (Phi) is 3.18. The third-order valence-electron chi connectivity index (χ3n) is 3.11. The number of aromatic carboxylic acids is 1. The number of rotatable bonds is 2. The van der Waals surface area contributed by atoms with E-state index in [2.05, 4.69) is 30.7 Å². The van der Waals surface area contributed by atoms with E-state index in [0.29, 0.717) is 11.5 Å². The zero-order valence-electron chi connectivity index (χ0n) is 11.6. The molecule has 0 bridgehead atoms. The van der Waals surface area contributed by atoms with E-state index in [9.17, 15) is 4.79 Å². The first kappa shape index (κ1) is 13.3. The van der Waals surface area contributed by atoms with E-state index in [1.165, 1.54) is 5.56 Å². The zero-order chi connectivity index (χ0) is 14.2. The van der Waals surface area contributed by atoms with Crippen molar-refractivity contribution in [2.24, 2.45) is 0 Å². The van der Waals surface area contributed by atoms with Gasteiger partial charge in [-0.2, -0.15) is 0 Å². The Morgan fingerprint density at radius 2 is 1.79 bits per heavy atom. The maximum Gasteiger partial charge on any atom is 0.356 e. The van der Waals surface area contributed by atoms with Crippen LogP contribution in [-0.4, -0.2) is 21.0 Å². The molecule has 0 saturated heterocycles. The van der Waals surface area contributed by atoms with Gasteiger partial charge in [0.25, 0.3) is 0 Å². The largest absolute Gasteiger partial charge is 0.476 e. The Bertz CT molecular complexity index is 604. The third-order valence-corrected chi connectivity index (χ3v) is 3.11. The smallest absolute Gasteiger partial charge is 0.356 e. The van der Waals surface area contributed by atoms with E-state index >= 15 is 0 Å². The molecular weight excluding hydrogens is 240 g/mol. The summed E-state index contributed by atoms with van der Waals surface area (Å²) in [6.45, 7) is 8.17. The van der Waals surface area contributed by atoms with Gasteiger partial charge in [0.15, 0.2) is 5.69 Å². The molecular formula is C15H18N2O2. The van der Waals surface area contributed by atoms with Crippen molar-refractivity contribution in [1.82, 2.24) is 9.97 Å². The Morgan fingerprint density at radius 3 is 2.21 bits per heavy atom. The monoisotopic (exact) mass is 258 g/mol. The van der Waals surface area contributed by atoms with Crippen molar-refractivity contribution in [3.8, 4) is 11.4 Å². The second-order valence-electron chi connectivity index (χ2n) is 5.69. The molecule has 0 saturated carbocycles. The molecule has 100 valence electrons. The van der Waals surface area contributed by atoms with Crippen LogP contribution in [0.25, 0.3) is 11.4 Å². The van der Waals surface area contributed by atoms with Crippen LogP contribution in [0.1, 0.15) is 42.5 Å². The van der Waals surface area contributed by atoms with Gasteiger partial charge in [-0.3, -0.25) is 0 Å². The van der Waals surface area contributed by atoms with Gasteiger partial charge in [-0.1, -0.05) is 45.0 Å². The molecule has 0 amide bonds. The van der Waals surface area contributed by atoms with Crippen LogP contribution in [0.15, 0.2) is 24.3 Å². The maximum absolute atomic E-state index is 11.0. The number of nitrogens with zero attached hydrogens (tertiary/aromatic N) is 1. The van der Waals surface area contributed by atoms with E-state index < -0.39 is 5.97 Å². The lowest BCUT2D eigenvalue weighted by molar-refractivity contribution is 0.0690. The number of hydrogen-bond donors (Lipinski definition) is 2. The maximum atomic E-state index is 11.0. The summed E-state index contributed by atoms with van der Waals surface area (Å²) in [4.78, 5) is 18.1. The predicted octanol–water partition coefficient (Wildman–Crippen LogP) is 3.38. The molecule has 4 nitrogen and oxygen atoms in total. The molecule has 4 heteroatoms. The number of benzene rings is 1. The van der Waals surface area contributed by atoms with Crippen LogP contribution < -0.4 is 0 Å². The van der Waals surface area contributed by atoms with Gasteiger partial charge in [-0.25, -0.2) is 9.78 Å². The van der Waals surface area contributed by atoms with E-state index in [4.69, 9.17) is 5.11 Å². The first-order valence-corrected chi connectivity index (χ1v) is 6.20. The van der Waals surface area contributed by atoms with E-state index in [-0.39, 0.29) is 11.1 Å². The van der Waals surface area contributed by atoms with Crippen molar-refractivity contribution in [2.75, 3.05) is 0 Å². The lowest BCUT2D eigenvalue weighted by Crippen LogP contribution is -2.10. The lowest BCUT2D eigenvalue weighted by Gasteiger charge is -2.18. The number of carboxylic acids is 1. The van der Waals surface area contributed by atoms with E-state index in [0.717, 1.165) is 5.56 Å². The zero-order valence-corrected chi connectivity index (χ0v) is 11.6. The molecule has 2 N–H and O–H groups in total. The highest BCUT2D eigenvalue weighted by Crippen LogP contribution is 2.25. The van der Waals surface area contributed by atoms with Gasteiger partial charge >= 0.3 is 5.97 Å². The first-order chi connectivity index (χ1) is 8.79. The Balaban J connectivity index is 2.38. The molecule has 0 aliphatic rings. The molecule has 1 aromatic heterocycles. The number of aromatic amines is 1. The molecule has 0 aliphatic heterocycles. The van der Waals surface area contributed by atoms with Crippen LogP contribution in [0.5, 0.6) is 0 Å². The van der Waals surface area contributed by atoms with Crippen LogP contribution in [0, 0.1) is 6.92 Å². The predicted molar refractivity (Wildman–Crippen MR) is 74.4 cm³/mol. The van der Waals surface area contributed by atoms with Gasteiger partial charge in [0.1, 0.15) is 5.82 Å². The fourth-order valence-electron chi connectivity index (χ4n) is 1.93. The van der Waals surface area contributed by atoms with Crippen LogP contribution >= 0.6 is 0 Å². The highest BCUT2D eigenvalue weighted by atomic mass is 16.4. The number of carbonyl (C=O) groups is 1. The number of aryl methyl sites for hydroxylation is 1. The van der Waals surface area contributed by atoms with Crippen molar-refractivity contribution in [2.45, 2.75) is 33.1 Å². The molecule has 0 atom stereocenters. The number of hydrogen-bond acceptors (Lipinski definition) is 2. The van der Waals surface area contributed by atoms with Gasteiger partial charge in [-0.05, 0) is 17.9 Å². The van der Waals surface area contributed by atoms with Gasteiger partial charge in [0.2, 0.25) is 0 Å². The standard InChI is InChI=1S/C15H18N2O2/c1-9-12(14(18)19)17-13(16-9)10-5-7-11(8-6-10)15(2,3)4/h5-8H,1-4H3,(H,16,17)(H,18,19). The van der Waals surface area contributed by atoms with Gasteiger partial charge in [-0.15, -0.1) is 0 Å². The molecule has 1 heterocycles. The summed E-state index contributed by atoms with van der Waals surface area (Å²) in [5.74, 6) is -0.415. The van der Waals surface area contributed by atoms with E-state index in [1.807, 2.05) is 24.3 Å². The minimum atomic E-state index is -1.01. The Hall–Kier alpha value is -2.10. The molecule has 0 unspecified atom stereocenters. The second-order valence-corrected chi connectivity index (χ2v) is 5.69. The van der Waals surface area contributed by atoms with Crippen molar-refractivity contribution in [1.29, 1.82) is 0 Å². The summed E-state index contributed by atoms with van der Waals surface area (Å²) in [7, 11) is 0. The number of aromatic nitrogens is 2. The quantitative estimate of drug-likeness (QED) is 0.867. The lowest BCUT2D eigenvalue weighted by atomic mass is 9.87. The highest BCUT2D eigenvalue weighted by Gasteiger charge is 2.16. The number of nitrogens with one attached hydrogen (secondary N) is 1.